The van der Waals surface area contributed by atoms with E-state index in [4.69, 9.17) is 13.9 Å². The SMILES string of the molecule is O=CC(F)(F)F.O=c1onc(-c2nonc2NCc2cccnc2)n1-c1ccc(F)c(Br)c1. The standard InChI is InChI=1S/C16H10BrFN6O3.C2HF3O/c17-11-6-10(3-4-12(11)18)24-15(23-26-16(24)25)13-14(22-27-21-13)20-8-9-2-1-5-19-7-9;3-2(4,5)1-6/h1-7H,8H2,(H,20,22);1H. The molecule has 1 aromatic carbocycles. The molecule has 172 valence electrons. The van der Waals surface area contributed by atoms with Gasteiger partial charge in [-0.1, -0.05) is 11.2 Å². The van der Waals surface area contributed by atoms with E-state index in [1.807, 2.05) is 6.07 Å². The molecule has 3 heterocycles. The summed E-state index contributed by atoms with van der Waals surface area (Å²) in [6, 6.07) is 7.74. The van der Waals surface area contributed by atoms with Crippen LogP contribution < -0.4 is 11.1 Å². The smallest absolute Gasteiger partial charge is 0.361 e. The fraction of sp³-hybridized carbons (Fsp3) is 0.111. The fourth-order valence-corrected chi connectivity index (χ4v) is 2.76. The molecular weight excluding hydrogens is 520 g/mol. The molecule has 0 amide bonds. The molecule has 0 radical (unpaired) electrons. The zero-order valence-electron chi connectivity index (χ0n) is 16.1. The highest BCUT2D eigenvalue weighted by atomic mass is 79.9. The van der Waals surface area contributed by atoms with Gasteiger partial charge in [0.25, 0.3) is 0 Å². The molecule has 10 nitrogen and oxygen atoms in total. The summed E-state index contributed by atoms with van der Waals surface area (Å²) >= 11 is 3.09. The Hall–Kier alpha value is -3.88. The lowest BCUT2D eigenvalue weighted by Crippen LogP contribution is -2.14. The van der Waals surface area contributed by atoms with E-state index in [-0.39, 0.29) is 21.8 Å². The van der Waals surface area contributed by atoms with Gasteiger partial charge in [0.2, 0.25) is 17.9 Å². The van der Waals surface area contributed by atoms with E-state index in [1.165, 1.54) is 18.2 Å². The Morgan fingerprint density at radius 1 is 1.18 bits per heavy atom. The highest BCUT2D eigenvalue weighted by Gasteiger charge is 2.25. The minimum Gasteiger partial charge on any atom is -0.361 e. The third kappa shape index (κ3) is 6.09. The predicted molar refractivity (Wildman–Crippen MR) is 107 cm³/mol. The van der Waals surface area contributed by atoms with Gasteiger partial charge in [-0.05, 0) is 56.1 Å². The topological polar surface area (TPSA) is 129 Å². The highest BCUT2D eigenvalue weighted by Crippen LogP contribution is 2.26. The Morgan fingerprint density at radius 3 is 2.58 bits per heavy atom. The van der Waals surface area contributed by atoms with Crippen LogP contribution in [0.15, 0.2) is 61.1 Å². The molecule has 33 heavy (non-hydrogen) atoms. The average Bonchev–Trinajstić information content (AvgIpc) is 3.41. The van der Waals surface area contributed by atoms with Crippen molar-refractivity contribution in [3.63, 3.8) is 0 Å². The van der Waals surface area contributed by atoms with Crippen molar-refractivity contribution in [1.29, 1.82) is 0 Å². The first-order chi connectivity index (χ1) is 15.7. The molecule has 0 atom stereocenters. The molecule has 0 spiro atoms. The number of halogens is 5. The van der Waals surface area contributed by atoms with E-state index in [1.54, 1.807) is 18.5 Å². The number of carbonyl (C=O) groups is 1. The molecule has 0 saturated heterocycles. The molecule has 0 aliphatic carbocycles. The van der Waals surface area contributed by atoms with Crippen molar-refractivity contribution in [3.05, 3.63) is 69.1 Å². The maximum Gasteiger partial charge on any atom is 0.446 e. The number of carbonyl (C=O) groups excluding carboxylic acids is 1. The molecule has 4 rings (SSSR count). The first kappa shape index (κ1) is 23.8. The van der Waals surface area contributed by atoms with Gasteiger partial charge in [0, 0.05) is 18.9 Å². The number of benzene rings is 1. The van der Waals surface area contributed by atoms with Gasteiger partial charge in [-0.2, -0.15) is 13.2 Å². The summed E-state index contributed by atoms with van der Waals surface area (Å²) in [5.74, 6) is -0.896. The van der Waals surface area contributed by atoms with Gasteiger partial charge in [0.15, 0.2) is 5.69 Å². The third-order valence-corrected chi connectivity index (χ3v) is 4.39. The second-order valence-corrected chi connectivity index (χ2v) is 6.90. The molecule has 0 fully saturated rings. The van der Waals surface area contributed by atoms with E-state index in [0.717, 1.165) is 10.1 Å². The first-order valence-corrected chi connectivity index (χ1v) is 9.52. The number of rotatable bonds is 5. The molecule has 0 aliphatic heterocycles. The summed E-state index contributed by atoms with van der Waals surface area (Å²) in [6.07, 6.45) is -2.34. The Bertz CT molecular complexity index is 1290. The minimum absolute atomic E-state index is 0.0634. The van der Waals surface area contributed by atoms with Gasteiger partial charge in [0.05, 0.1) is 10.2 Å². The Morgan fingerprint density at radius 2 is 1.94 bits per heavy atom. The number of aldehydes is 1. The zero-order valence-corrected chi connectivity index (χ0v) is 17.7. The number of hydrogen-bond donors (Lipinski definition) is 1. The van der Waals surface area contributed by atoms with Crippen LogP contribution in [-0.4, -0.2) is 37.5 Å². The molecular formula is C18H11BrF4N6O4. The minimum atomic E-state index is -4.64. The zero-order chi connectivity index (χ0) is 24.0. The number of hydrogen-bond acceptors (Lipinski definition) is 9. The van der Waals surface area contributed by atoms with Crippen LogP contribution in [-0.2, 0) is 11.3 Å². The summed E-state index contributed by atoms with van der Waals surface area (Å²) in [5.41, 5.74) is 1.42. The Kier molecular flexibility index (Phi) is 7.32. The highest BCUT2D eigenvalue weighted by molar-refractivity contribution is 9.10. The lowest BCUT2D eigenvalue weighted by molar-refractivity contribution is -0.156. The molecule has 0 aliphatic rings. The van der Waals surface area contributed by atoms with Crippen molar-refractivity contribution in [2.24, 2.45) is 0 Å². The number of aromatic nitrogens is 5. The van der Waals surface area contributed by atoms with E-state index < -0.39 is 24.0 Å². The van der Waals surface area contributed by atoms with Gasteiger partial charge in [-0.3, -0.25) is 14.3 Å². The van der Waals surface area contributed by atoms with Crippen molar-refractivity contribution in [3.8, 4) is 17.2 Å². The van der Waals surface area contributed by atoms with Crippen molar-refractivity contribution in [2.75, 3.05) is 5.32 Å². The van der Waals surface area contributed by atoms with E-state index >= 15 is 0 Å². The van der Waals surface area contributed by atoms with Gasteiger partial charge in [0.1, 0.15) is 5.82 Å². The average molecular weight is 531 g/mol. The summed E-state index contributed by atoms with van der Waals surface area (Å²) in [6.45, 7) is 0.402. The van der Waals surface area contributed by atoms with Crippen molar-refractivity contribution in [1.82, 2.24) is 25.0 Å². The number of pyridine rings is 1. The van der Waals surface area contributed by atoms with Crippen LogP contribution in [0.4, 0.5) is 23.4 Å². The van der Waals surface area contributed by atoms with Crippen LogP contribution in [0.1, 0.15) is 5.56 Å². The molecule has 3 aromatic heterocycles. The monoisotopic (exact) mass is 530 g/mol. The molecule has 0 saturated carbocycles. The quantitative estimate of drug-likeness (QED) is 0.304. The van der Waals surface area contributed by atoms with Gasteiger partial charge < -0.3 is 5.32 Å². The second kappa shape index (κ2) is 10.2. The number of nitrogens with one attached hydrogen (secondary N) is 1. The molecule has 0 bridgehead atoms. The summed E-state index contributed by atoms with van der Waals surface area (Å²) < 4.78 is 55.6. The summed E-state index contributed by atoms with van der Waals surface area (Å²) in [7, 11) is 0. The molecule has 4 aromatic rings. The second-order valence-electron chi connectivity index (χ2n) is 6.04. The molecule has 15 heteroatoms. The lowest BCUT2D eigenvalue weighted by Gasteiger charge is -2.06. The number of nitrogens with zero attached hydrogens (tertiary/aromatic N) is 5. The lowest BCUT2D eigenvalue weighted by atomic mass is 10.2. The fourth-order valence-electron chi connectivity index (χ4n) is 2.39. The maximum absolute atomic E-state index is 13.5. The summed E-state index contributed by atoms with van der Waals surface area (Å²) in [4.78, 5) is 24.9. The maximum atomic E-state index is 13.5. The van der Waals surface area contributed by atoms with E-state index in [9.17, 15) is 22.4 Å². The van der Waals surface area contributed by atoms with Crippen LogP contribution in [0.25, 0.3) is 17.2 Å². The Labute approximate surface area is 189 Å². The first-order valence-electron chi connectivity index (χ1n) is 8.72. The van der Waals surface area contributed by atoms with Gasteiger partial charge >= 0.3 is 11.9 Å². The van der Waals surface area contributed by atoms with Crippen molar-refractivity contribution < 1.29 is 31.5 Å². The van der Waals surface area contributed by atoms with Crippen LogP contribution in [0.2, 0.25) is 0 Å². The normalized spacial score (nSPS) is 10.9. The van der Waals surface area contributed by atoms with Gasteiger partial charge in [-0.25, -0.2) is 18.4 Å². The molecule has 0 unspecified atom stereocenters. The van der Waals surface area contributed by atoms with Crippen LogP contribution in [0, 0.1) is 5.82 Å². The molecule has 1 N–H and O–H groups in total. The predicted octanol–water partition coefficient (Wildman–Crippen LogP) is 3.53. The van der Waals surface area contributed by atoms with Crippen molar-refractivity contribution in [2.45, 2.75) is 12.7 Å². The van der Waals surface area contributed by atoms with Crippen LogP contribution in [0.3, 0.4) is 0 Å². The van der Waals surface area contributed by atoms with Crippen molar-refractivity contribution >= 4 is 28.0 Å². The van der Waals surface area contributed by atoms with E-state index in [0.29, 0.717) is 12.2 Å². The van der Waals surface area contributed by atoms with Gasteiger partial charge in [-0.15, -0.1) is 0 Å². The van der Waals surface area contributed by atoms with E-state index in [2.05, 4.69) is 41.7 Å². The number of anilines is 1. The largest absolute Gasteiger partial charge is 0.446 e. The summed E-state index contributed by atoms with van der Waals surface area (Å²) in [5, 5.41) is 14.4. The van der Waals surface area contributed by atoms with Crippen LogP contribution >= 0.6 is 15.9 Å². The Balaban J connectivity index is 0.000000454. The third-order valence-electron chi connectivity index (χ3n) is 3.78. The van der Waals surface area contributed by atoms with Crippen LogP contribution in [0.5, 0.6) is 0 Å². The number of alkyl halides is 3.